The zero-order valence-corrected chi connectivity index (χ0v) is 5.77. The van der Waals surface area contributed by atoms with Crippen LogP contribution in [0.3, 0.4) is 0 Å². The van der Waals surface area contributed by atoms with E-state index in [0.717, 1.165) is 24.3 Å². The molecule has 0 radical (unpaired) electrons. The Morgan fingerprint density at radius 3 is 1.75 bits per heavy atom. The molecule has 0 fully saturated rings. The van der Waals surface area contributed by atoms with Crippen molar-refractivity contribution in [1.82, 2.24) is 0 Å². The average Bonchev–Trinajstić information content (AvgIpc) is 2.02. The molecule has 1 N–H and O–H groups in total. The lowest BCUT2D eigenvalue weighted by Crippen LogP contribution is -1.86. The molecule has 5 heteroatoms. The van der Waals surface area contributed by atoms with Gasteiger partial charge in [-0.05, 0) is 12.1 Å². The molecule has 1 aromatic carbocycles. The molecule has 0 aromatic heterocycles. The van der Waals surface area contributed by atoms with Crippen LogP contribution in [0.15, 0.2) is 18.2 Å². The van der Waals surface area contributed by atoms with Gasteiger partial charge in [0.2, 0.25) is 6.08 Å². The maximum Gasteiger partial charge on any atom is 0.231 e. The highest BCUT2D eigenvalue weighted by molar-refractivity contribution is 5.26. The number of halogens is 3. The summed E-state index contributed by atoms with van der Waals surface area (Å²) in [5, 5.41) is 5.40. The zero-order chi connectivity index (χ0) is 9.56. The predicted molar refractivity (Wildman–Crippen MR) is 34.7 cm³/mol. The van der Waals surface area contributed by atoms with Crippen LogP contribution >= 0.6 is 0 Å². The van der Waals surface area contributed by atoms with Gasteiger partial charge >= 0.3 is 0 Å². The Bertz CT molecular complexity index is 274. The van der Waals surface area contributed by atoms with Crippen molar-refractivity contribution in [2.24, 2.45) is 0 Å². The summed E-state index contributed by atoms with van der Waals surface area (Å²) in [7, 11) is 0. The third-order valence-electron chi connectivity index (χ3n) is 0.904. The number of hydrogen-bond donors (Lipinski definition) is 1. The van der Waals surface area contributed by atoms with Gasteiger partial charge in [-0.2, -0.15) is 0 Å². The van der Waals surface area contributed by atoms with E-state index >= 15 is 0 Å². The van der Waals surface area contributed by atoms with Gasteiger partial charge in [0.25, 0.3) is 0 Å². The standard InChI is InChI=1S/C6H3F3.CHNO/c7-4-2-1-3-5(8)6(4)9;2-1-3/h1-3H;2H. The Kier molecular flexibility index (Phi) is 4.41. The molecular weight excluding hydrogens is 171 g/mol. The van der Waals surface area contributed by atoms with E-state index in [2.05, 4.69) is 0 Å². The maximum atomic E-state index is 12.0. The quantitative estimate of drug-likeness (QED) is 0.365. The minimum atomic E-state index is -1.42. The van der Waals surface area contributed by atoms with Gasteiger partial charge in [-0.25, -0.2) is 23.4 Å². The Morgan fingerprint density at radius 1 is 1.17 bits per heavy atom. The first kappa shape index (κ1) is 10.4. The summed E-state index contributed by atoms with van der Waals surface area (Å²) in [6, 6.07) is 2.82. The van der Waals surface area contributed by atoms with Gasteiger partial charge in [0.05, 0.1) is 0 Å². The Labute approximate surface area is 66.1 Å². The van der Waals surface area contributed by atoms with Crippen molar-refractivity contribution in [1.29, 1.82) is 5.41 Å². The fourth-order valence-corrected chi connectivity index (χ4v) is 0.477. The van der Waals surface area contributed by atoms with Crippen LogP contribution in [-0.2, 0) is 4.79 Å². The molecular formula is C7H4F3NO. The summed E-state index contributed by atoms with van der Waals surface area (Å²) >= 11 is 0. The van der Waals surface area contributed by atoms with Crippen molar-refractivity contribution in [2.75, 3.05) is 0 Å². The van der Waals surface area contributed by atoms with Crippen LogP contribution in [0.4, 0.5) is 13.2 Å². The van der Waals surface area contributed by atoms with Crippen LogP contribution in [0.1, 0.15) is 0 Å². The van der Waals surface area contributed by atoms with Gasteiger partial charge in [0, 0.05) is 0 Å². The van der Waals surface area contributed by atoms with Gasteiger partial charge in [-0.15, -0.1) is 0 Å². The number of rotatable bonds is 0. The third-order valence-corrected chi connectivity index (χ3v) is 0.904. The summed E-state index contributed by atoms with van der Waals surface area (Å²) in [4.78, 5) is 8.35. The normalized spacial score (nSPS) is 7.92. The van der Waals surface area contributed by atoms with E-state index in [9.17, 15) is 13.2 Å². The first-order valence-corrected chi connectivity index (χ1v) is 2.77. The van der Waals surface area contributed by atoms with E-state index in [-0.39, 0.29) is 0 Å². The smallest absolute Gasteiger partial charge is 0.222 e. The summed E-state index contributed by atoms with van der Waals surface area (Å²) in [6.07, 6.45) is 0.750. The fourth-order valence-electron chi connectivity index (χ4n) is 0.477. The van der Waals surface area contributed by atoms with Crippen molar-refractivity contribution in [2.45, 2.75) is 0 Å². The molecule has 0 aliphatic heterocycles. The van der Waals surface area contributed by atoms with Crippen molar-refractivity contribution >= 4 is 6.08 Å². The van der Waals surface area contributed by atoms with Crippen molar-refractivity contribution in [3.8, 4) is 0 Å². The molecule has 0 atom stereocenters. The van der Waals surface area contributed by atoms with Crippen LogP contribution < -0.4 is 0 Å². The SMILES string of the molecule is Fc1cccc(F)c1F.N=C=O. The molecule has 0 saturated carbocycles. The molecule has 64 valence electrons. The van der Waals surface area contributed by atoms with Crippen LogP contribution in [0.2, 0.25) is 0 Å². The first-order chi connectivity index (χ1) is 5.63. The van der Waals surface area contributed by atoms with Crippen molar-refractivity contribution in [3.05, 3.63) is 35.7 Å². The van der Waals surface area contributed by atoms with Crippen LogP contribution in [0.25, 0.3) is 0 Å². The molecule has 12 heavy (non-hydrogen) atoms. The van der Waals surface area contributed by atoms with Crippen molar-refractivity contribution < 1.29 is 18.0 Å². The number of carbonyl (C=O) groups excluding carboxylic acids is 1. The third kappa shape index (κ3) is 2.98. The lowest BCUT2D eigenvalue weighted by atomic mass is 10.3. The second kappa shape index (κ2) is 5.09. The summed E-state index contributed by atoms with van der Waals surface area (Å²) < 4.78 is 35.9. The van der Waals surface area contributed by atoms with Crippen LogP contribution in [0.5, 0.6) is 0 Å². The van der Waals surface area contributed by atoms with Crippen LogP contribution in [0, 0.1) is 22.9 Å². The molecule has 0 spiro atoms. The van der Waals surface area contributed by atoms with Crippen molar-refractivity contribution in [3.63, 3.8) is 0 Å². The molecule has 0 bridgehead atoms. The lowest BCUT2D eigenvalue weighted by Gasteiger charge is -1.90. The van der Waals surface area contributed by atoms with Gasteiger partial charge in [0.1, 0.15) is 0 Å². The molecule has 1 aromatic rings. The van der Waals surface area contributed by atoms with Gasteiger partial charge in [-0.1, -0.05) is 6.07 Å². The first-order valence-electron chi connectivity index (χ1n) is 2.77. The molecule has 0 aliphatic carbocycles. The molecule has 0 heterocycles. The summed E-state index contributed by atoms with van der Waals surface area (Å²) in [6.45, 7) is 0. The van der Waals surface area contributed by atoms with Gasteiger partial charge in [-0.3, -0.25) is 0 Å². The Hall–Kier alpha value is -1.61. The highest BCUT2D eigenvalue weighted by atomic mass is 19.2. The minimum absolute atomic E-state index is 0.750. The lowest BCUT2D eigenvalue weighted by molar-refractivity contribution is 0.447. The number of nitrogens with one attached hydrogen (secondary N) is 1. The highest BCUT2D eigenvalue weighted by Crippen LogP contribution is 2.07. The molecule has 0 unspecified atom stereocenters. The molecule has 1 rings (SSSR count). The van der Waals surface area contributed by atoms with E-state index in [1.807, 2.05) is 0 Å². The monoisotopic (exact) mass is 175 g/mol. The predicted octanol–water partition coefficient (Wildman–Crippen LogP) is 2.00. The Morgan fingerprint density at radius 2 is 1.50 bits per heavy atom. The zero-order valence-electron chi connectivity index (χ0n) is 5.77. The van der Waals surface area contributed by atoms with E-state index in [1.165, 1.54) is 0 Å². The van der Waals surface area contributed by atoms with E-state index in [4.69, 9.17) is 10.2 Å². The molecule has 0 amide bonds. The molecule has 2 nitrogen and oxygen atoms in total. The molecule has 0 aliphatic rings. The highest BCUT2D eigenvalue weighted by Gasteiger charge is 2.04. The summed E-state index contributed by atoms with van der Waals surface area (Å²) in [5.74, 6) is -3.73. The summed E-state index contributed by atoms with van der Waals surface area (Å²) in [5.41, 5.74) is 0. The largest absolute Gasteiger partial charge is 0.231 e. The van der Waals surface area contributed by atoms with E-state index < -0.39 is 17.5 Å². The number of isocyanates is 1. The van der Waals surface area contributed by atoms with E-state index in [1.54, 1.807) is 0 Å². The fraction of sp³-hybridized carbons (Fsp3) is 0. The van der Waals surface area contributed by atoms with E-state index in [0.29, 0.717) is 0 Å². The topological polar surface area (TPSA) is 40.9 Å². The second-order valence-electron chi connectivity index (χ2n) is 1.64. The Balaban J connectivity index is 0.000000354. The second-order valence-corrected chi connectivity index (χ2v) is 1.64. The van der Waals surface area contributed by atoms with Gasteiger partial charge < -0.3 is 0 Å². The minimum Gasteiger partial charge on any atom is -0.222 e. The number of benzene rings is 1. The van der Waals surface area contributed by atoms with Gasteiger partial charge in [0.15, 0.2) is 17.5 Å². The maximum absolute atomic E-state index is 12.0. The van der Waals surface area contributed by atoms with Crippen LogP contribution in [-0.4, -0.2) is 6.08 Å². The number of hydrogen-bond acceptors (Lipinski definition) is 2. The average molecular weight is 175 g/mol. The molecule has 0 saturated heterocycles.